The molecule has 0 aromatic rings. The van der Waals surface area contributed by atoms with Crippen molar-refractivity contribution >= 4 is 0 Å². The van der Waals surface area contributed by atoms with Crippen LogP contribution in [0.2, 0.25) is 0 Å². The lowest BCUT2D eigenvalue weighted by Gasteiger charge is -2.34. The van der Waals surface area contributed by atoms with E-state index in [1.807, 2.05) is 0 Å². The van der Waals surface area contributed by atoms with Crippen LogP contribution in [0.5, 0.6) is 0 Å². The molecule has 0 spiro atoms. The number of aliphatic hydroxyl groups is 2. The summed E-state index contributed by atoms with van der Waals surface area (Å²) in [5, 5.41) is 20.6. The fourth-order valence-electron chi connectivity index (χ4n) is 7.77. The van der Waals surface area contributed by atoms with E-state index in [1.54, 1.807) is 0 Å². The highest BCUT2D eigenvalue weighted by atomic mass is 16.5. The van der Waals surface area contributed by atoms with Gasteiger partial charge in [0.05, 0.1) is 37.6 Å². The first-order valence-corrected chi connectivity index (χ1v) is 12.3. The van der Waals surface area contributed by atoms with Crippen LogP contribution in [0, 0.1) is 35.5 Å². The molecule has 0 aliphatic heterocycles. The monoisotopic (exact) mass is 392 g/mol. The Morgan fingerprint density at radius 2 is 1.25 bits per heavy atom. The minimum Gasteiger partial charge on any atom is -0.390 e. The van der Waals surface area contributed by atoms with Gasteiger partial charge < -0.3 is 19.7 Å². The maximum Gasteiger partial charge on any atom is 0.0834 e. The lowest BCUT2D eigenvalue weighted by atomic mass is 9.77. The van der Waals surface area contributed by atoms with Gasteiger partial charge in [-0.05, 0) is 86.9 Å². The number of aliphatic hydroxyl groups excluding tert-OH is 2. The average molecular weight is 393 g/mol. The fraction of sp³-hybridized carbons (Fsp3) is 1.00. The van der Waals surface area contributed by atoms with Crippen molar-refractivity contribution in [3.63, 3.8) is 0 Å². The van der Waals surface area contributed by atoms with Gasteiger partial charge in [-0.25, -0.2) is 0 Å². The van der Waals surface area contributed by atoms with Gasteiger partial charge in [0, 0.05) is 0 Å². The fourth-order valence-corrected chi connectivity index (χ4v) is 7.77. The van der Waals surface area contributed by atoms with Crippen LogP contribution in [-0.2, 0) is 9.47 Å². The number of hydrogen-bond acceptors (Lipinski definition) is 4. The molecule has 5 aliphatic rings. The first kappa shape index (κ1) is 19.8. The molecule has 4 heteroatoms. The Bertz CT molecular complexity index is 525. The van der Waals surface area contributed by atoms with E-state index >= 15 is 0 Å². The Labute approximate surface area is 170 Å². The molecular formula is C24H40O4. The highest BCUT2D eigenvalue weighted by Gasteiger charge is 2.56. The van der Waals surface area contributed by atoms with Crippen molar-refractivity contribution in [1.82, 2.24) is 0 Å². The van der Waals surface area contributed by atoms with Gasteiger partial charge in [0.2, 0.25) is 0 Å². The first-order chi connectivity index (χ1) is 13.7. The summed E-state index contributed by atoms with van der Waals surface area (Å²) in [5.41, 5.74) is 0. The van der Waals surface area contributed by atoms with Crippen LogP contribution in [0.3, 0.4) is 0 Å². The van der Waals surface area contributed by atoms with Crippen molar-refractivity contribution < 1.29 is 19.7 Å². The summed E-state index contributed by atoms with van der Waals surface area (Å²) in [6, 6.07) is 0. The predicted octanol–water partition coefficient (Wildman–Crippen LogP) is 3.93. The van der Waals surface area contributed by atoms with E-state index in [4.69, 9.17) is 9.47 Å². The van der Waals surface area contributed by atoms with E-state index in [0.29, 0.717) is 11.8 Å². The predicted molar refractivity (Wildman–Crippen MR) is 108 cm³/mol. The molecule has 2 N–H and O–H groups in total. The maximum atomic E-state index is 10.3. The molecular weight excluding hydrogens is 352 g/mol. The van der Waals surface area contributed by atoms with Crippen molar-refractivity contribution in [2.75, 3.05) is 13.2 Å². The number of rotatable bonds is 6. The van der Waals surface area contributed by atoms with Crippen molar-refractivity contribution in [3.05, 3.63) is 0 Å². The molecule has 0 aromatic carbocycles. The van der Waals surface area contributed by atoms with Crippen LogP contribution in [0.25, 0.3) is 0 Å². The summed E-state index contributed by atoms with van der Waals surface area (Å²) < 4.78 is 12.7. The number of fused-ring (bicyclic) bond motifs is 5. The second kappa shape index (κ2) is 8.53. The minimum absolute atomic E-state index is 0.0487. The molecule has 5 aliphatic carbocycles. The maximum absolute atomic E-state index is 10.3. The Morgan fingerprint density at radius 3 is 1.93 bits per heavy atom. The highest BCUT2D eigenvalue weighted by Crippen LogP contribution is 2.62. The molecule has 28 heavy (non-hydrogen) atoms. The van der Waals surface area contributed by atoms with Gasteiger partial charge in [0.25, 0.3) is 0 Å². The standard InChI is InChI=1S/C24H40O4/c25-20-5-1-3-7-22(20)27-13-17-12-18-15-9-10-16(11-15)24(18)19(17)14-28-23-8-4-2-6-21(23)26/h15-26H,1-14H2. The molecule has 0 amide bonds. The minimum atomic E-state index is -0.266. The zero-order valence-corrected chi connectivity index (χ0v) is 17.4. The molecule has 0 heterocycles. The number of hydrogen-bond donors (Lipinski definition) is 2. The Balaban J connectivity index is 1.22. The lowest BCUT2D eigenvalue weighted by Crippen LogP contribution is -2.37. The van der Waals surface area contributed by atoms with Crippen molar-refractivity contribution in [2.45, 2.75) is 101 Å². The quantitative estimate of drug-likeness (QED) is 0.719. The van der Waals surface area contributed by atoms with Crippen LogP contribution >= 0.6 is 0 Å². The normalized spacial score (nSPS) is 50.8. The molecule has 5 rings (SSSR count). The largest absolute Gasteiger partial charge is 0.390 e. The van der Waals surface area contributed by atoms with E-state index in [0.717, 1.165) is 75.4 Å². The van der Waals surface area contributed by atoms with Crippen LogP contribution in [0.4, 0.5) is 0 Å². The second-order valence-electron chi connectivity index (χ2n) is 10.7. The van der Waals surface area contributed by atoms with Gasteiger partial charge in [-0.1, -0.05) is 25.7 Å². The SMILES string of the molecule is OC1CCCCC1OCC1CC2C3CCC(C3)C2C1COC1CCCCC1O. The second-order valence-corrected chi connectivity index (χ2v) is 10.7. The molecule has 10 atom stereocenters. The topological polar surface area (TPSA) is 58.9 Å². The van der Waals surface area contributed by atoms with Gasteiger partial charge in [0.15, 0.2) is 0 Å². The summed E-state index contributed by atoms with van der Waals surface area (Å²) >= 11 is 0. The molecule has 2 bridgehead atoms. The summed E-state index contributed by atoms with van der Waals surface area (Å²) in [7, 11) is 0. The molecule has 0 aromatic heterocycles. The Kier molecular flexibility index (Phi) is 6.03. The summed E-state index contributed by atoms with van der Waals surface area (Å²) in [5.74, 6) is 4.73. The summed E-state index contributed by atoms with van der Waals surface area (Å²) in [6.45, 7) is 1.61. The van der Waals surface area contributed by atoms with Crippen LogP contribution in [0.1, 0.15) is 77.0 Å². The van der Waals surface area contributed by atoms with E-state index in [9.17, 15) is 10.2 Å². The smallest absolute Gasteiger partial charge is 0.0834 e. The van der Waals surface area contributed by atoms with E-state index in [-0.39, 0.29) is 24.4 Å². The van der Waals surface area contributed by atoms with E-state index in [1.165, 1.54) is 38.5 Å². The lowest BCUT2D eigenvalue weighted by molar-refractivity contribution is -0.0964. The zero-order valence-electron chi connectivity index (χ0n) is 17.4. The zero-order chi connectivity index (χ0) is 19.1. The van der Waals surface area contributed by atoms with Crippen LogP contribution in [-0.4, -0.2) is 47.8 Å². The molecule has 5 saturated carbocycles. The van der Waals surface area contributed by atoms with Crippen molar-refractivity contribution in [3.8, 4) is 0 Å². The third-order valence-electron chi connectivity index (χ3n) is 9.20. The van der Waals surface area contributed by atoms with Crippen molar-refractivity contribution in [2.24, 2.45) is 35.5 Å². The van der Waals surface area contributed by atoms with Gasteiger partial charge in [-0.2, -0.15) is 0 Å². The first-order valence-electron chi connectivity index (χ1n) is 12.3. The number of ether oxygens (including phenoxy) is 2. The molecule has 10 unspecified atom stereocenters. The van der Waals surface area contributed by atoms with Gasteiger partial charge in [-0.15, -0.1) is 0 Å². The van der Waals surface area contributed by atoms with E-state index in [2.05, 4.69) is 0 Å². The van der Waals surface area contributed by atoms with Crippen LogP contribution in [0.15, 0.2) is 0 Å². The third kappa shape index (κ3) is 3.79. The molecule has 0 radical (unpaired) electrons. The molecule has 5 fully saturated rings. The molecule has 160 valence electrons. The molecule has 0 saturated heterocycles. The van der Waals surface area contributed by atoms with Crippen molar-refractivity contribution in [1.29, 1.82) is 0 Å². The third-order valence-corrected chi connectivity index (χ3v) is 9.20. The van der Waals surface area contributed by atoms with Gasteiger partial charge >= 0.3 is 0 Å². The van der Waals surface area contributed by atoms with Gasteiger partial charge in [0.1, 0.15) is 0 Å². The van der Waals surface area contributed by atoms with Crippen LogP contribution < -0.4 is 0 Å². The average Bonchev–Trinajstić information content (AvgIpc) is 3.39. The highest BCUT2D eigenvalue weighted by molar-refractivity contribution is 5.05. The Morgan fingerprint density at radius 1 is 0.643 bits per heavy atom. The summed E-state index contributed by atoms with van der Waals surface area (Å²) in [6.07, 6.45) is 13.7. The summed E-state index contributed by atoms with van der Waals surface area (Å²) in [4.78, 5) is 0. The van der Waals surface area contributed by atoms with E-state index < -0.39 is 0 Å². The molecule has 4 nitrogen and oxygen atoms in total. The Hall–Kier alpha value is -0.160. The van der Waals surface area contributed by atoms with Gasteiger partial charge in [-0.3, -0.25) is 0 Å².